The first-order valence-corrected chi connectivity index (χ1v) is 7.16. The maximum absolute atomic E-state index is 11.3. The fraction of sp³-hybridized carbons (Fsp3) is 0.562. The van der Waals surface area contributed by atoms with Gasteiger partial charge in [-0.1, -0.05) is 18.2 Å². The molecule has 1 aliphatic heterocycles. The van der Waals surface area contributed by atoms with E-state index in [4.69, 9.17) is 4.74 Å². The zero-order valence-electron chi connectivity index (χ0n) is 12.6. The van der Waals surface area contributed by atoms with Crippen LogP contribution in [0, 0.1) is 5.92 Å². The van der Waals surface area contributed by atoms with Crippen LogP contribution in [0.5, 0.6) is 5.75 Å². The van der Waals surface area contributed by atoms with Crippen LogP contribution in [0.4, 0.5) is 0 Å². The molecule has 1 saturated heterocycles. The number of benzene rings is 1. The van der Waals surface area contributed by atoms with E-state index < -0.39 is 0 Å². The van der Waals surface area contributed by atoms with E-state index in [2.05, 4.69) is 18.0 Å². The van der Waals surface area contributed by atoms with Gasteiger partial charge >= 0.3 is 0 Å². The molecule has 0 saturated carbocycles. The van der Waals surface area contributed by atoms with Gasteiger partial charge in [0.25, 0.3) is 0 Å². The second-order valence-corrected chi connectivity index (χ2v) is 5.63. The fourth-order valence-corrected chi connectivity index (χ4v) is 2.90. The molecule has 4 heteroatoms. The summed E-state index contributed by atoms with van der Waals surface area (Å²) in [4.78, 5) is 15.6. The summed E-state index contributed by atoms with van der Waals surface area (Å²) in [5.41, 5.74) is 1.21. The zero-order chi connectivity index (χ0) is 14.5. The van der Waals surface area contributed by atoms with Gasteiger partial charge in [0.1, 0.15) is 5.75 Å². The average Bonchev–Trinajstić information content (AvgIpc) is 2.88. The number of carbonyl (C=O) groups excluding carboxylic acids is 1. The lowest BCUT2D eigenvalue weighted by atomic mass is 10.1. The molecule has 0 spiro atoms. The maximum Gasteiger partial charge on any atom is 0.219 e. The molecule has 1 aliphatic rings. The quantitative estimate of drug-likeness (QED) is 0.824. The monoisotopic (exact) mass is 276 g/mol. The van der Waals surface area contributed by atoms with Crippen molar-refractivity contribution in [3.05, 3.63) is 29.8 Å². The number of rotatable bonds is 5. The Labute approximate surface area is 121 Å². The van der Waals surface area contributed by atoms with Gasteiger partial charge in [0.05, 0.1) is 7.11 Å². The predicted molar refractivity (Wildman–Crippen MR) is 79.7 cm³/mol. The van der Waals surface area contributed by atoms with Crippen molar-refractivity contribution in [3.8, 4) is 5.75 Å². The van der Waals surface area contributed by atoms with E-state index in [1.165, 1.54) is 5.56 Å². The van der Waals surface area contributed by atoms with Gasteiger partial charge in [0.2, 0.25) is 5.91 Å². The van der Waals surface area contributed by atoms with Gasteiger partial charge in [0, 0.05) is 38.7 Å². The number of likely N-dealkylation sites (tertiary alicyclic amines) is 1. The van der Waals surface area contributed by atoms with E-state index in [0.717, 1.165) is 38.3 Å². The van der Waals surface area contributed by atoms with Crippen LogP contribution in [0.3, 0.4) is 0 Å². The molecule has 1 amide bonds. The van der Waals surface area contributed by atoms with Crippen LogP contribution in [-0.4, -0.2) is 49.5 Å². The molecule has 0 aromatic heterocycles. The van der Waals surface area contributed by atoms with Crippen LogP contribution >= 0.6 is 0 Å². The third-order valence-corrected chi connectivity index (χ3v) is 3.93. The van der Waals surface area contributed by atoms with E-state index >= 15 is 0 Å². The molecule has 1 fully saturated rings. The molecule has 0 bridgehead atoms. The maximum atomic E-state index is 11.3. The highest BCUT2D eigenvalue weighted by Gasteiger charge is 2.25. The van der Waals surface area contributed by atoms with Crippen molar-refractivity contribution in [2.24, 2.45) is 5.92 Å². The average molecular weight is 276 g/mol. The smallest absolute Gasteiger partial charge is 0.219 e. The first-order valence-electron chi connectivity index (χ1n) is 7.16. The van der Waals surface area contributed by atoms with Gasteiger partial charge in [-0.3, -0.25) is 4.79 Å². The van der Waals surface area contributed by atoms with Gasteiger partial charge in [-0.25, -0.2) is 0 Å². The lowest BCUT2D eigenvalue weighted by molar-refractivity contribution is -0.127. The Morgan fingerprint density at radius 3 is 2.85 bits per heavy atom. The number of hydrogen-bond acceptors (Lipinski definition) is 3. The minimum atomic E-state index is 0.194. The summed E-state index contributed by atoms with van der Waals surface area (Å²) < 4.78 is 5.39. The fourth-order valence-electron chi connectivity index (χ4n) is 2.90. The Morgan fingerprint density at radius 1 is 1.45 bits per heavy atom. The minimum absolute atomic E-state index is 0.194. The number of methoxy groups -OCH3 is 1. The number of amides is 1. The largest absolute Gasteiger partial charge is 0.496 e. The molecule has 0 N–H and O–H groups in total. The molecule has 1 aromatic carbocycles. The number of ether oxygens (including phenoxy) is 1. The molecule has 2 rings (SSSR count). The molecular weight excluding hydrogens is 252 g/mol. The van der Waals surface area contributed by atoms with Crippen LogP contribution in [0.25, 0.3) is 0 Å². The Kier molecular flexibility index (Phi) is 5.01. The number of para-hydroxylation sites is 1. The summed E-state index contributed by atoms with van der Waals surface area (Å²) in [6, 6.07) is 8.13. The van der Waals surface area contributed by atoms with Crippen molar-refractivity contribution >= 4 is 5.91 Å². The summed E-state index contributed by atoms with van der Waals surface area (Å²) >= 11 is 0. The molecule has 1 heterocycles. The van der Waals surface area contributed by atoms with Gasteiger partial charge in [-0.05, 0) is 25.5 Å². The number of carbonyl (C=O) groups is 1. The number of nitrogens with zero attached hydrogens (tertiary/aromatic N) is 2. The van der Waals surface area contributed by atoms with Gasteiger partial charge in [0.15, 0.2) is 0 Å². The molecule has 1 aromatic rings. The summed E-state index contributed by atoms with van der Waals surface area (Å²) in [5.74, 6) is 1.72. The SMILES string of the molecule is COc1ccccc1CN(C)C[C@H]1CCN(C(C)=O)C1. The summed E-state index contributed by atoms with van der Waals surface area (Å²) in [7, 11) is 3.84. The molecule has 20 heavy (non-hydrogen) atoms. The van der Waals surface area contributed by atoms with Crippen molar-refractivity contribution in [1.82, 2.24) is 9.80 Å². The van der Waals surface area contributed by atoms with Crippen molar-refractivity contribution in [1.29, 1.82) is 0 Å². The Bertz CT molecular complexity index is 462. The lowest BCUT2D eigenvalue weighted by Crippen LogP contribution is -2.30. The highest BCUT2D eigenvalue weighted by molar-refractivity contribution is 5.73. The molecule has 110 valence electrons. The molecular formula is C16H24N2O2. The topological polar surface area (TPSA) is 32.8 Å². The second-order valence-electron chi connectivity index (χ2n) is 5.63. The van der Waals surface area contributed by atoms with Crippen LogP contribution in [0.15, 0.2) is 24.3 Å². The molecule has 0 unspecified atom stereocenters. The van der Waals surface area contributed by atoms with E-state index in [1.54, 1.807) is 14.0 Å². The predicted octanol–water partition coefficient (Wildman–Crippen LogP) is 2.00. The Morgan fingerprint density at radius 2 is 2.20 bits per heavy atom. The minimum Gasteiger partial charge on any atom is -0.496 e. The van der Waals surface area contributed by atoms with Gasteiger partial charge in [-0.2, -0.15) is 0 Å². The highest BCUT2D eigenvalue weighted by atomic mass is 16.5. The first kappa shape index (κ1) is 14.9. The van der Waals surface area contributed by atoms with E-state index in [9.17, 15) is 4.79 Å². The van der Waals surface area contributed by atoms with Crippen LogP contribution < -0.4 is 4.74 Å². The third-order valence-electron chi connectivity index (χ3n) is 3.93. The van der Waals surface area contributed by atoms with E-state index in [-0.39, 0.29) is 5.91 Å². The standard InChI is InChI=1S/C16H24N2O2/c1-13(19)18-9-8-14(11-18)10-17(2)12-15-6-4-5-7-16(15)20-3/h4-7,14H,8-12H2,1-3H3/t14-/m1/s1. The highest BCUT2D eigenvalue weighted by Crippen LogP contribution is 2.21. The molecule has 0 aliphatic carbocycles. The number of hydrogen-bond donors (Lipinski definition) is 0. The van der Waals surface area contributed by atoms with Gasteiger partial charge in [-0.15, -0.1) is 0 Å². The van der Waals surface area contributed by atoms with Gasteiger partial charge < -0.3 is 14.5 Å². The van der Waals surface area contributed by atoms with Crippen LogP contribution in [-0.2, 0) is 11.3 Å². The normalized spacial score (nSPS) is 18.6. The van der Waals surface area contributed by atoms with Crippen molar-refractivity contribution in [2.75, 3.05) is 33.8 Å². The second kappa shape index (κ2) is 6.75. The summed E-state index contributed by atoms with van der Waals surface area (Å²) in [6.07, 6.45) is 1.11. The molecule has 4 nitrogen and oxygen atoms in total. The van der Waals surface area contributed by atoms with E-state index in [1.807, 2.05) is 23.1 Å². The third kappa shape index (κ3) is 3.73. The van der Waals surface area contributed by atoms with E-state index in [0.29, 0.717) is 5.92 Å². The first-order chi connectivity index (χ1) is 9.60. The Balaban J connectivity index is 1.87. The molecule has 0 radical (unpaired) electrons. The van der Waals surface area contributed by atoms with Crippen LogP contribution in [0.1, 0.15) is 18.9 Å². The zero-order valence-corrected chi connectivity index (χ0v) is 12.6. The molecule has 1 atom stereocenters. The van der Waals surface area contributed by atoms with Crippen molar-refractivity contribution < 1.29 is 9.53 Å². The van der Waals surface area contributed by atoms with Crippen molar-refractivity contribution in [2.45, 2.75) is 19.9 Å². The summed E-state index contributed by atoms with van der Waals surface area (Å²) in [5, 5.41) is 0. The van der Waals surface area contributed by atoms with Crippen LogP contribution in [0.2, 0.25) is 0 Å². The summed E-state index contributed by atoms with van der Waals surface area (Å²) in [6.45, 7) is 5.34. The Hall–Kier alpha value is -1.55. The lowest BCUT2D eigenvalue weighted by Gasteiger charge is -2.22. The van der Waals surface area contributed by atoms with Crippen molar-refractivity contribution in [3.63, 3.8) is 0 Å².